The minimum atomic E-state index is -0.285. The number of likely N-dealkylation sites (N-methyl/N-ethyl adjacent to an activating group) is 1. The van der Waals surface area contributed by atoms with Crippen molar-refractivity contribution < 1.29 is 14.3 Å². The maximum absolute atomic E-state index is 12.9. The van der Waals surface area contributed by atoms with Crippen molar-refractivity contribution in [2.24, 2.45) is 0 Å². The number of hydrogen-bond donors (Lipinski definition) is 0. The fourth-order valence-electron chi connectivity index (χ4n) is 3.23. The molecule has 0 spiro atoms. The van der Waals surface area contributed by atoms with E-state index in [0.717, 1.165) is 25.9 Å². The van der Waals surface area contributed by atoms with Crippen LogP contribution in [0.15, 0.2) is 18.3 Å². The molecule has 0 N–H and O–H groups in total. The second-order valence-electron chi connectivity index (χ2n) is 6.10. The standard InChI is InChI=1S/C18H26ClN3O3/c1-3-21-10-5-6-15(21)13-22(11-8-17(23)25-4-2)18(24)14-7-9-20-16(19)12-14/h7,9,12,15H,3-6,8,10-11,13H2,1-2H3. The number of carbonyl (C=O) groups excluding carboxylic acids is 2. The van der Waals surface area contributed by atoms with Crippen LogP contribution in [-0.4, -0.2) is 65.5 Å². The molecule has 7 heteroatoms. The summed E-state index contributed by atoms with van der Waals surface area (Å²) in [4.78, 5) is 32.7. The molecule has 1 fully saturated rings. The predicted molar refractivity (Wildman–Crippen MR) is 96.7 cm³/mol. The maximum Gasteiger partial charge on any atom is 0.307 e. The number of ether oxygens (including phenoxy) is 1. The Hall–Kier alpha value is -1.66. The number of pyridine rings is 1. The number of rotatable bonds is 8. The highest BCUT2D eigenvalue weighted by molar-refractivity contribution is 6.29. The van der Waals surface area contributed by atoms with Crippen LogP contribution < -0.4 is 0 Å². The molecule has 1 aromatic rings. The second-order valence-corrected chi connectivity index (χ2v) is 6.49. The van der Waals surface area contributed by atoms with Gasteiger partial charge in [0.05, 0.1) is 13.0 Å². The number of amides is 1. The lowest BCUT2D eigenvalue weighted by Gasteiger charge is -2.30. The number of likely N-dealkylation sites (tertiary alicyclic amines) is 1. The van der Waals surface area contributed by atoms with Gasteiger partial charge in [-0.25, -0.2) is 4.98 Å². The normalized spacial score (nSPS) is 17.5. The summed E-state index contributed by atoms with van der Waals surface area (Å²) in [6, 6.07) is 3.54. The van der Waals surface area contributed by atoms with E-state index in [9.17, 15) is 9.59 Å². The largest absolute Gasteiger partial charge is 0.466 e. The zero-order chi connectivity index (χ0) is 18.2. The summed E-state index contributed by atoms with van der Waals surface area (Å²) in [5.41, 5.74) is 0.491. The molecule has 1 unspecified atom stereocenters. The summed E-state index contributed by atoms with van der Waals surface area (Å²) in [5.74, 6) is -0.414. The summed E-state index contributed by atoms with van der Waals surface area (Å²) in [6.07, 6.45) is 3.91. The van der Waals surface area contributed by atoms with E-state index >= 15 is 0 Å². The van der Waals surface area contributed by atoms with Gasteiger partial charge < -0.3 is 9.64 Å². The Morgan fingerprint density at radius 3 is 2.92 bits per heavy atom. The lowest BCUT2D eigenvalue weighted by molar-refractivity contribution is -0.143. The van der Waals surface area contributed by atoms with E-state index in [0.29, 0.717) is 31.3 Å². The summed E-state index contributed by atoms with van der Waals surface area (Å²) >= 11 is 5.91. The number of nitrogens with zero attached hydrogens (tertiary/aromatic N) is 3. The van der Waals surface area contributed by atoms with E-state index < -0.39 is 0 Å². The molecule has 2 rings (SSSR count). The summed E-state index contributed by atoms with van der Waals surface area (Å²) < 4.78 is 4.99. The van der Waals surface area contributed by atoms with Gasteiger partial charge in [-0.1, -0.05) is 18.5 Å². The van der Waals surface area contributed by atoms with Crippen LogP contribution >= 0.6 is 11.6 Å². The number of hydrogen-bond acceptors (Lipinski definition) is 5. The van der Waals surface area contributed by atoms with Crippen LogP contribution in [0.2, 0.25) is 5.15 Å². The number of carbonyl (C=O) groups is 2. The van der Waals surface area contributed by atoms with Crippen molar-refractivity contribution in [1.82, 2.24) is 14.8 Å². The number of halogens is 1. The lowest BCUT2D eigenvalue weighted by atomic mass is 10.1. The van der Waals surface area contributed by atoms with Gasteiger partial charge >= 0.3 is 5.97 Å². The third-order valence-corrected chi connectivity index (χ3v) is 4.69. The average molecular weight is 368 g/mol. The quantitative estimate of drug-likeness (QED) is 0.522. The Bertz CT molecular complexity index is 597. The molecule has 0 radical (unpaired) electrons. The van der Waals surface area contributed by atoms with Crippen LogP contribution in [0.25, 0.3) is 0 Å². The fraction of sp³-hybridized carbons (Fsp3) is 0.611. The summed E-state index contributed by atoms with van der Waals surface area (Å²) in [7, 11) is 0. The molecule has 6 nitrogen and oxygen atoms in total. The summed E-state index contributed by atoms with van der Waals surface area (Å²) in [5, 5.41) is 0.284. The van der Waals surface area contributed by atoms with E-state index in [1.54, 1.807) is 24.0 Å². The van der Waals surface area contributed by atoms with Crippen LogP contribution in [0.3, 0.4) is 0 Å². The third-order valence-electron chi connectivity index (χ3n) is 4.49. The smallest absolute Gasteiger partial charge is 0.307 e. The molecule has 1 saturated heterocycles. The highest BCUT2D eigenvalue weighted by Crippen LogP contribution is 2.19. The van der Waals surface area contributed by atoms with Gasteiger partial charge in [0.2, 0.25) is 0 Å². The van der Waals surface area contributed by atoms with Crippen LogP contribution in [0, 0.1) is 0 Å². The number of aromatic nitrogens is 1. The number of esters is 1. The van der Waals surface area contributed by atoms with Gasteiger partial charge in [0.1, 0.15) is 5.15 Å². The van der Waals surface area contributed by atoms with E-state index in [-0.39, 0.29) is 23.5 Å². The molecule has 25 heavy (non-hydrogen) atoms. The minimum Gasteiger partial charge on any atom is -0.466 e. The molecule has 138 valence electrons. The zero-order valence-corrected chi connectivity index (χ0v) is 15.7. The molecule has 0 aliphatic carbocycles. The first-order valence-corrected chi connectivity index (χ1v) is 9.23. The first kappa shape index (κ1) is 19.7. The molecule has 1 atom stereocenters. The van der Waals surface area contributed by atoms with Crippen LogP contribution in [0.4, 0.5) is 0 Å². The highest BCUT2D eigenvalue weighted by Gasteiger charge is 2.28. The van der Waals surface area contributed by atoms with Crippen molar-refractivity contribution in [3.8, 4) is 0 Å². The SMILES string of the molecule is CCOC(=O)CCN(CC1CCCN1CC)C(=O)c1ccnc(Cl)c1. The lowest BCUT2D eigenvalue weighted by Crippen LogP contribution is -2.44. The minimum absolute atomic E-state index is 0.128. The predicted octanol–water partition coefficient (Wildman–Crippen LogP) is 2.61. The molecule has 0 aromatic carbocycles. The van der Waals surface area contributed by atoms with E-state index in [1.807, 2.05) is 0 Å². The van der Waals surface area contributed by atoms with Gasteiger partial charge in [-0.05, 0) is 45.0 Å². The topological polar surface area (TPSA) is 62.7 Å². The van der Waals surface area contributed by atoms with Crippen molar-refractivity contribution >= 4 is 23.5 Å². The van der Waals surface area contributed by atoms with E-state index in [2.05, 4.69) is 16.8 Å². The second kappa shape index (κ2) is 9.73. The Labute approximate surface area is 154 Å². The highest BCUT2D eigenvalue weighted by atomic mass is 35.5. The van der Waals surface area contributed by atoms with Crippen molar-refractivity contribution in [3.63, 3.8) is 0 Å². The van der Waals surface area contributed by atoms with Gasteiger partial charge in [0, 0.05) is 30.9 Å². The zero-order valence-electron chi connectivity index (χ0n) is 14.9. The molecule has 1 aliphatic rings. The third kappa shape index (κ3) is 5.68. The van der Waals surface area contributed by atoms with Gasteiger partial charge in [0.25, 0.3) is 5.91 Å². The van der Waals surface area contributed by atoms with Crippen molar-refractivity contribution in [2.75, 3.05) is 32.8 Å². The Morgan fingerprint density at radius 1 is 1.44 bits per heavy atom. The first-order chi connectivity index (χ1) is 12.0. The Kier molecular flexibility index (Phi) is 7.65. The molecule has 1 aromatic heterocycles. The Morgan fingerprint density at radius 2 is 2.24 bits per heavy atom. The maximum atomic E-state index is 12.9. The van der Waals surface area contributed by atoms with E-state index in [1.165, 1.54) is 6.20 Å². The molecule has 0 bridgehead atoms. The molecule has 0 saturated carbocycles. The van der Waals surface area contributed by atoms with Gasteiger partial charge in [0.15, 0.2) is 0 Å². The molecule has 1 aliphatic heterocycles. The molecular formula is C18H26ClN3O3. The fourth-order valence-corrected chi connectivity index (χ4v) is 3.40. The van der Waals surface area contributed by atoms with E-state index in [4.69, 9.17) is 16.3 Å². The van der Waals surface area contributed by atoms with Crippen molar-refractivity contribution in [2.45, 2.75) is 39.2 Å². The Balaban J connectivity index is 2.10. The molecule has 2 heterocycles. The average Bonchev–Trinajstić information content (AvgIpc) is 3.05. The van der Waals surface area contributed by atoms with Gasteiger partial charge in [-0.3, -0.25) is 14.5 Å². The van der Waals surface area contributed by atoms with Crippen LogP contribution in [-0.2, 0) is 9.53 Å². The van der Waals surface area contributed by atoms with Gasteiger partial charge in [-0.2, -0.15) is 0 Å². The monoisotopic (exact) mass is 367 g/mol. The van der Waals surface area contributed by atoms with Crippen LogP contribution in [0.1, 0.15) is 43.5 Å². The molecule has 1 amide bonds. The summed E-state index contributed by atoms with van der Waals surface area (Å²) in [6.45, 7) is 7.22. The first-order valence-electron chi connectivity index (χ1n) is 8.85. The van der Waals surface area contributed by atoms with Gasteiger partial charge in [-0.15, -0.1) is 0 Å². The van der Waals surface area contributed by atoms with Crippen molar-refractivity contribution in [3.05, 3.63) is 29.0 Å². The molecular weight excluding hydrogens is 342 g/mol. The van der Waals surface area contributed by atoms with Crippen LogP contribution in [0.5, 0.6) is 0 Å². The van der Waals surface area contributed by atoms with Crippen molar-refractivity contribution in [1.29, 1.82) is 0 Å².